The smallest absolute Gasteiger partial charge is 0.156 e. The summed E-state index contributed by atoms with van der Waals surface area (Å²) in [5.74, 6) is 1.55. The molecule has 0 saturated heterocycles. The molecule has 1 aliphatic rings. The van der Waals surface area contributed by atoms with Crippen LogP contribution < -0.4 is 5.32 Å². The van der Waals surface area contributed by atoms with Crippen molar-refractivity contribution in [1.82, 2.24) is 9.97 Å². The van der Waals surface area contributed by atoms with Gasteiger partial charge in [-0.05, 0) is 18.9 Å². The lowest BCUT2D eigenvalue weighted by atomic mass is 10.1. The van der Waals surface area contributed by atoms with Gasteiger partial charge in [0.1, 0.15) is 16.8 Å². The highest BCUT2D eigenvalue weighted by Crippen LogP contribution is 2.42. The summed E-state index contributed by atoms with van der Waals surface area (Å²) in [5, 5.41) is 3.50. The first-order chi connectivity index (χ1) is 9.69. The van der Waals surface area contributed by atoms with E-state index in [1.807, 2.05) is 18.2 Å². The van der Waals surface area contributed by atoms with Crippen LogP contribution in [0, 0.1) is 6.92 Å². The summed E-state index contributed by atoms with van der Waals surface area (Å²) in [5.41, 5.74) is 1.63. The number of halogens is 1. The Balaban J connectivity index is 1.79. The van der Waals surface area contributed by atoms with Gasteiger partial charge < -0.3 is 5.32 Å². The first-order valence-electron chi connectivity index (χ1n) is 6.50. The van der Waals surface area contributed by atoms with Crippen LogP contribution in [0.4, 0.5) is 5.82 Å². The minimum atomic E-state index is 0.201. The first kappa shape index (κ1) is 13.1. The Hall–Kier alpha value is -1.94. The molecule has 1 aliphatic carbocycles. The minimum absolute atomic E-state index is 0.201. The van der Waals surface area contributed by atoms with E-state index in [1.54, 1.807) is 6.92 Å². The lowest BCUT2D eigenvalue weighted by Crippen LogP contribution is -2.10. The highest BCUT2D eigenvalue weighted by atomic mass is 35.5. The van der Waals surface area contributed by atoms with E-state index < -0.39 is 0 Å². The molecule has 102 valence electrons. The number of anilines is 1. The third kappa shape index (κ3) is 2.51. The van der Waals surface area contributed by atoms with Crippen LogP contribution >= 0.6 is 11.6 Å². The Kier molecular flexibility index (Phi) is 3.40. The molecule has 4 nitrogen and oxygen atoms in total. The van der Waals surface area contributed by atoms with Crippen LogP contribution in [0.1, 0.15) is 34.1 Å². The van der Waals surface area contributed by atoms with E-state index >= 15 is 0 Å². The largest absolute Gasteiger partial charge is 0.366 e. The van der Waals surface area contributed by atoms with E-state index in [2.05, 4.69) is 27.4 Å². The van der Waals surface area contributed by atoms with Crippen LogP contribution in [-0.4, -0.2) is 22.3 Å². The third-order valence-electron chi connectivity index (χ3n) is 3.47. The molecule has 0 amide bonds. The summed E-state index contributed by atoms with van der Waals surface area (Å²) in [7, 11) is 0. The van der Waals surface area contributed by atoms with Gasteiger partial charge in [0.05, 0.1) is 5.56 Å². The van der Waals surface area contributed by atoms with Gasteiger partial charge in [-0.2, -0.15) is 0 Å². The third-order valence-corrected chi connectivity index (χ3v) is 3.76. The van der Waals surface area contributed by atoms with Crippen molar-refractivity contribution < 1.29 is 4.79 Å². The molecular weight excluding hydrogens is 274 g/mol. The second-order valence-electron chi connectivity index (χ2n) is 4.95. The Morgan fingerprint density at radius 3 is 2.75 bits per heavy atom. The molecule has 0 spiro atoms. The van der Waals surface area contributed by atoms with Gasteiger partial charge in [-0.25, -0.2) is 9.97 Å². The zero-order chi connectivity index (χ0) is 14.1. The van der Waals surface area contributed by atoms with Crippen molar-refractivity contribution >= 4 is 23.7 Å². The van der Waals surface area contributed by atoms with Gasteiger partial charge in [-0.1, -0.05) is 41.9 Å². The standard InChI is InChI=1S/C15H14ClN3O/c1-9-17-14(16)12(8-20)15(18-9)19-13-7-11(13)10-5-3-2-4-6-10/h2-6,8,11,13H,7H2,1H3,(H,17,18,19). The molecule has 2 unspecified atom stereocenters. The second-order valence-corrected chi connectivity index (χ2v) is 5.30. The number of carbonyl (C=O) groups excluding carboxylic acids is 1. The molecule has 0 radical (unpaired) electrons. The average molecular weight is 288 g/mol. The van der Waals surface area contributed by atoms with Gasteiger partial charge in [0, 0.05) is 12.0 Å². The molecule has 1 aromatic carbocycles. The van der Waals surface area contributed by atoms with E-state index in [-0.39, 0.29) is 5.15 Å². The molecule has 1 N–H and O–H groups in total. The monoisotopic (exact) mass is 287 g/mol. The van der Waals surface area contributed by atoms with Crippen LogP contribution in [0.3, 0.4) is 0 Å². The predicted molar refractivity (Wildman–Crippen MR) is 78.4 cm³/mol. The van der Waals surface area contributed by atoms with Gasteiger partial charge in [0.2, 0.25) is 0 Å². The van der Waals surface area contributed by atoms with Crippen LogP contribution in [-0.2, 0) is 0 Å². The van der Waals surface area contributed by atoms with Gasteiger partial charge in [0.15, 0.2) is 6.29 Å². The quantitative estimate of drug-likeness (QED) is 0.693. The molecule has 1 aromatic heterocycles. The lowest BCUT2D eigenvalue weighted by molar-refractivity contribution is 0.112. The number of nitrogens with zero attached hydrogens (tertiary/aromatic N) is 2. The van der Waals surface area contributed by atoms with Crippen LogP contribution in [0.2, 0.25) is 5.15 Å². The van der Waals surface area contributed by atoms with Gasteiger partial charge in [0.25, 0.3) is 0 Å². The minimum Gasteiger partial charge on any atom is -0.366 e. The Labute approximate surface area is 122 Å². The van der Waals surface area contributed by atoms with Crippen LogP contribution in [0.25, 0.3) is 0 Å². The van der Waals surface area contributed by atoms with E-state index in [4.69, 9.17) is 11.6 Å². The highest BCUT2D eigenvalue weighted by molar-refractivity contribution is 6.32. The zero-order valence-corrected chi connectivity index (χ0v) is 11.8. The van der Waals surface area contributed by atoms with Crippen LogP contribution in [0.5, 0.6) is 0 Å². The molecule has 2 aromatic rings. The fourth-order valence-corrected chi connectivity index (χ4v) is 2.62. The molecule has 2 atom stereocenters. The fourth-order valence-electron chi connectivity index (χ4n) is 2.36. The van der Waals surface area contributed by atoms with E-state index in [0.29, 0.717) is 35.5 Å². The number of aromatic nitrogens is 2. The maximum absolute atomic E-state index is 11.1. The summed E-state index contributed by atoms with van der Waals surface area (Å²) < 4.78 is 0. The molecule has 1 saturated carbocycles. The fraction of sp³-hybridized carbons (Fsp3) is 0.267. The molecule has 1 fully saturated rings. The second kappa shape index (κ2) is 5.21. The molecule has 0 bridgehead atoms. The van der Waals surface area contributed by atoms with E-state index in [1.165, 1.54) is 5.56 Å². The number of carbonyl (C=O) groups is 1. The molecule has 3 rings (SSSR count). The van der Waals surface area contributed by atoms with Gasteiger partial charge in [-0.15, -0.1) is 0 Å². The molecule has 0 aliphatic heterocycles. The highest BCUT2D eigenvalue weighted by Gasteiger charge is 2.39. The number of benzene rings is 1. The lowest BCUT2D eigenvalue weighted by Gasteiger charge is -2.09. The Bertz CT molecular complexity index is 645. The zero-order valence-electron chi connectivity index (χ0n) is 11.0. The summed E-state index contributed by atoms with van der Waals surface area (Å²) in [4.78, 5) is 19.4. The summed E-state index contributed by atoms with van der Waals surface area (Å²) >= 11 is 5.97. The molecule has 1 heterocycles. The summed E-state index contributed by atoms with van der Waals surface area (Å²) in [6.45, 7) is 1.76. The number of rotatable bonds is 4. The maximum atomic E-state index is 11.1. The van der Waals surface area contributed by atoms with Crippen molar-refractivity contribution in [2.75, 3.05) is 5.32 Å². The van der Waals surface area contributed by atoms with Crippen molar-refractivity contribution in [1.29, 1.82) is 0 Å². The average Bonchev–Trinajstić information content (AvgIpc) is 3.18. The topological polar surface area (TPSA) is 54.9 Å². The molecule has 5 heteroatoms. The van der Waals surface area contributed by atoms with Crippen molar-refractivity contribution in [3.05, 3.63) is 52.4 Å². The number of nitrogens with one attached hydrogen (secondary N) is 1. The number of aryl methyl sites for hydroxylation is 1. The first-order valence-corrected chi connectivity index (χ1v) is 6.87. The van der Waals surface area contributed by atoms with Crippen molar-refractivity contribution in [3.8, 4) is 0 Å². The van der Waals surface area contributed by atoms with Crippen molar-refractivity contribution in [3.63, 3.8) is 0 Å². The number of hydrogen-bond donors (Lipinski definition) is 1. The van der Waals surface area contributed by atoms with Crippen molar-refractivity contribution in [2.24, 2.45) is 0 Å². The summed E-state index contributed by atoms with van der Waals surface area (Å²) in [6.07, 6.45) is 1.73. The van der Waals surface area contributed by atoms with Crippen molar-refractivity contribution in [2.45, 2.75) is 25.3 Å². The van der Waals surface area contributed by atoms with Gasteiger partial charge >= 0.3 is 0 Å². The Morgan fingerprint density at radius 1 is 1.30 bits per heavy atom. The maximum Gasteiger partial charge on any atom is 0.156 e. The SMILES string of the molecule is Cc1nc(Cl)c(C=O)c(NC2CC2c2ccccc2)n1. The predicted octanol–water partition coefficient (Wildman–Crippen LogP) is 3.22. The number of aldehydes is 1. The van der Waals surface area contributed by atoms with E-state index in [9.17, 15) is 4.79 Å². The molecule has 20 heavy (non-hydrogen) atoms. The van der Waals surface area contributed by atoms with Crippen LogP contribution in [0.15, 0.2) is 30.3 Å². The van der Waals surface area contributed by atoms with Gasteiger partial charge in [-0.3, -0.25) is 4.79 Å². The Morgan fingerprint density at radius 2 is 2.05 bits per heavy atom. The summed E-state index contributed by atoms with van der Waals surface area (Å²) in [6, 6.07) is 10.6. The number of hydrogen-bond acceptors (Lipinski definition) is 4. The normalized spacial score (nSPS) is 20.5. The van der Waals surface area contributed by atoms with E-state index in [0.717, 1.165) is 6.42 Å². The molecular formula is C15H14ClN3O.